The summed E-state index contributed by atoms with van der Waals surface area (Å²) in [5.41, 5.74) is -0.341. The summed E-state index contributed by atoms with van der Waals surface area (Å²) in [6, 6.07) is 4.15. The third-order valence-corrected chi connectivity index (χ3v) is 2.79. The Morgan fingerprint density at radius 1 is 1.60 bits per heavy atom. The molecule has 1 aromatic carbocycles. The Balaban J connectivity index is 2.56. The second kappa shape index (κ2) is 3.56. The van der Waals surface area contributed by atoms with E-state index in [0.29, 0.717) is 5.56 Å². The summed E-state index contributed by atoms with van der Waals surface area (Å²) in [7, 11) is 0. The number of hydrogen-bond donors (Lipinski definition) is 2. The summed E-state index contributed by atoms with van der Waals surface area (Å²) in [4.78, 5) is 0. The topological polar surface area (TPSA) is 49.7 Å². The standard InChI is InChI=1S/C11H13FO3/c1-7-9-3-2-8(12)4-10(9)11(14,5-13)6-15-7/h2-4,7,13-14H,5-6H2,1H3. The van der Waals surface area contributed by atoms with Crippen molar-refractivity contribution >= 4 is 0 Å². The Morgan fingerprint density at radius 3 is 3.00 bits per heavy atom. The third-order valence-electron chi connectivity index (χ3n) is 2.79. The van der Waals surface area contributed by atoms with E-state index in [1.807, 2.05) is 6.92 Å². The van der Waals surface area contributed by atoms with Crippen LogP contribution >= 0.6 is 0 Å². The van der Waals surface area contributed by atoms with Crippen LogP contribution in [0.15, 0.2) is 18.2 Å². The van der Waals surface area contributed by atoms with Crippen LogP contribution < -0.4 is 0 Å². The molecule has 0 saturated heterocycles. The fraction of sp³-hybridized carbons (Fsp3) is 0.455. The summed E-state index contributed by atoms with van der Waals surface area (Å²) in [6.45, 7) is 1.34. The van der Waals surface area contributed by atoms with Crippen LogP contribution in [0.1, 0.15) is 24.2 Å². The van der Waals surface area contributed by atoms with Crippen molar-refractivity contribution in [2.24, 2.45) is 0 Å². The Labute approximate surface area is 87.1 Å². The van der Waals surface area contributed by atoms with Crippen LogP contribution in [0.2, 0.25) is 0 Å². The van der Waals surface area contributed by atoms with E-state index in [0.717, 1.165) is 5.56 Å². The number of aliphatic hydroxyl groups is 2. The first kappa shape index (κ1) is 10.5. The SMILES string of the molecule is CC1OCC(O)(CO)c2cc(F)ccc21. The monoisotopic (exact) mass is 212 g/mol. The number of benzene rings is 1. The molecular formula is C11H13FO3. The van der Waals surface area contributed by atoms with E-state index in [9.17, 15) is 9.50 Å². The van der Waals surface area contributed by atoms with Crippen LogP contribution in [0, 0.1) is 5.82 Å². The van der Waals surface area contributed by atoms with E-state index in [1.54, 1.807) is 6.07 Å². The van der Waals surface area contributed by atoms with Gasteiger partial charge in [0.2, 0.25) is 0 Å². The van der Waals surface area contributed by atoms with Crippen LogP contribution in [0.3, 0.4) is 0 Å². The molecule has 1 heterocycles. The number of rotatable bonds is 1. The molecule has 0 bridgehead atoms. The van der Waals surface area contributed by atoms with Gasteiger partial charge in [0.1, 0.15) is 11.4 Å². The summed E-state index contributed by atoms with van der Waals surface area (Å²) < 4.78 is 18.4. The second-order valence-electron chi connectivity index (χ2n) is 3.87. The van der Waals surface area contributed by atoms with Gasteiger partial charge in [-0.1, -0.05) is 6.07 Å². The molecular weight excluding hydrogens is 199 g/mol. The van der Waals surface area contributed by atoms with Gasteiger partial charge in [-0.25, -0.2) is 4.39 Å². The largest absolute Gasteiger partial charge is 0.393 e. The van der Waals surface area contributed by atoms with E-state index in [-0.39, 0.29) is 12.7 Å². The predicted molar refractivity (Wildman–Crippen MR) is 51.7 cm³/mol. The lowest BCUT2D eigenvalue weighted by Crippen LogP contribution is -2.40. The molecule has 0 spiro atoms. The van der Waals surface area contributed by atoms with Crippen molar-refractivity contribution in [3.05, 3.63) is 35.1 Å². The lowest BCUT2D eigenvalue weighted by atomic mass is 9.86. The van der Waals surface area contributed by atoms with Gasteiger partial charge in [-0.05, 0) is 30.2 Å². The van der Waals surface area contributed by atoms with Gasteiger partial charge in [0.05, 0.1) is 19.3 Å². The summed E-state index contributed by atoms with van der Waals surface area (Å²) >= 11 is 0. The summed E-state index contributed by atoms with van der Waals surface area (Å²) in [6.07, 6.45) is -0.188. The fourth-order valence-electron chi connectivity index (χ4n) is 1.85. The third kappa shape index (κ3) is 1.65. The highest BCUT2D eigenvalue weighted by Gasteiger charge is 2.37. The van der Waals surface area contributed by atoms with Gasteiger partial charge in [-0.15, -0.1) is 0 Å². The fourth-order valence-corrected chi connectivity index (χ4v) is 1.85. The maximum atomic E-state index is 13.1. The zero-order valence-corrected chi connectivity index (χ0v) is 8.40. The highest BCUT2D eigenvalue weighted by molar-refractivity contribution is 5.36. The van der Waals surface area contributed by atoms with Gasteiger partial charge in [-0.3, -0.25) is 0 Å². The molecule has 15 heavy (non-hydrogen) atoms. The van der Waals surface area contributed by atoms with Crippen LogP contribution in [-0.2, 0) is 10.3 Å². The molecule has 4 heteroatoms. The molecule has 1 aliphatic heterocycles. The van der Waals surface area contributed by atoms with Crippen molar-refractivity contribution in [2.45, 2.75) is 18.6 Å². The number of ether oxygens (including phenoxy) is 1. The zero-order chi connectivity index (χ0) is 11.1. The minimum atomic E-state index is -1.48. The average molecular weight is 212 g/mol. The number of halogens is 1. The first-order valence-electron chi connectivity index (χ1n) is 4.81. The molecule has 1 aromatic rings. The molecule has 2 unspecified atom stereocenters. The minimum Gasteiger partial charge on any atom is -0.393 e. The van der Waals surface area contributed by atoms with Crippen molar-refractivity contribution in [1.29, 1.82) is 0 Å². The van der Waals surface area contributed by atoms with Crippen LogP contribution in [-0.4, -0.2) is 23.4 Å². The highest BCUT2D eigenvalue weighted by Crippen LogP contribution is 2.36. The molecule has 82 valence electrons. The molecule has 0 fully saturated rings. The Morgan fingerprint density at radius 2 is 2.33 bits per heavy atom. The molecule has 0 aromatic heterocycles. The lowest BCUT2D eigenvalue weighted by molar-refractivity contribution is -0.117. The second-order valence-corrected chi connectivity index (χ2v) is 3.87. The van der Waals surface area contributed by atoms with Crippen molar-refractivity contribution < 1.29 is 19.3 Å². The van der Waals surface area contributed by atoms with Crippen molar-refractivity contribution in [2.75, 3.05) is 13.2 Å². The van der Waals surface area contributed by atoms with Crippen molar-refractivity contribution in [1.82, 2.24) is 0 Å². The normalized spacial score (nSPS) is 30.0. The van der Waals surface area contributed by atoms with E-state index in [2.05, 4.69) is 0 Å². The maximum absolute atomic E-state index is 13.1. The lowest BCUT2D eigenvalue weighted by Gasteiger charge is -2.35. The minimum absolute atomic E-state index is 0.0128. The molecule has 0 saturated carbocycles. The van der Waals surface area contributed by atoms with Gasteiger partial charge < -0.3 is 14.9 Å². The first-order chi connectivity index (χ1) is 7.07. The van der Waals surface area contributed by atoms with Gasteiger partial charge >= 0.3 is 0 Å². The molecule has 0 aliphatic carbocycles. The maximum Gasteiger partial charge on any atom is 0.136 e. The highest BCUT2D eigenvalue weighted by atomic mass is 19.1. The van der Waals surface area contributed by atoms with Crippen molar-refractivity contribution in [3.63, 3.8) is 0 Å². The Kier molecular flexibility index (Phi) is 2.50. The van der Waals surface area contributed by atoms with Crippen LogP contribution in [0.4, 0.5) is 4.39 Å². The summed E-state index contributed by atoms with van der Waals surface area (Å²) in [5, 5.41) is 19.2. The summed E-state index contributed by atoms with van der Waals surface area (Å²) in [5.74, 6) is -0.422. The zero-order valence-electron chi connectivity index (χ0n) is 8.40. The van der Waals surface area contributed by atoms with E-state index in [4.69, 9.17) is 9.84 Å². The predicted octanol–water partition coefficient (Wildman–Crippen LogP) is 1.10. The van der Waals surface area contributed by atoms with Crippen LogP contribution in [0.5, 0.6) is 0 Å². The molecule has 0 radical (unpaired) electrons. The van der Waals surface area contributed by atoms with Gasteiger partial charge in [0.15, 0.2) is 0 Å². The molecule has 1 aliphatic rings. The molecule has 2 N–H and O–H groups in total. The number of aliphatic hydroxyl groups excluding tert-OH is 1. The van der Waals surface area contributed by atoms with E-state index in [1.165, 1.54) is 12.1 Å². The number of fused-ring (bicyclic) bond motifs is 1. The quantitative estimate of drug-likeness (QED) is 0.732. The van der Waals surface area contributed by atoms with Gasteiger partial charge in [0, 0.05) is 0 Å². The molecule has 0 amide bonds. The first-order valence-corrected chi connectivity index (χ1v) is 4.81. The Hall–Kier alpha value is -0.970. The number of hydrogen-bond acceptors (Lipinski definition) is 3. The van der Waals surface area contributed by atoms with Gasteiger partial charge in [0.25, 0.3) is 0 Å². The van der Waals surface area contributed by atoms with Crippen molar-refractivity contribution in [3.8, 4) is 0 Å². The smallest absolute Gasteiger partial charge is 0.136 e. The molecule has 3 nitrogen and oxygen atoms in total. The van der Waals surface area contributed by atoms with Gasteiger partial charge in [-0.2, -0.15) is 0 Å². The van der Waals surface area contributed by atoms with E-state index >= 15 is 0 Å². The Bertz CT molecular complexity index is 380. The average Bonchev–Trinajstić information content (AvgIpc) is 2.24. The molecule has 2 atom stereocenters. The van der Waals surface area contributed by atoms with E-state index < -0.39 is 18.0 Å². The van der Waals surface area contributed by atoms with Crippen LogP contribution in [0.25, 0.3) is 0 Å². The molecule has 2 rings (SSSR count).